The maximum absolute atomic E-state index is 14.7. The molecule has 2 fully saturated rings. The van der Waals surface area contributed by atoms with Crippen LogP contribution >= 0.6 is 11.8 Å². The van der Waals surface area contributed by atoms with Crippen molar-refractivity contribution >= 4 is 34.3 Å². The molecule has 0 spiro atoms. The molecule has 1 aromatic heterocycles. The van der Waals surface area contributed by atoms with Crippen molar-refractivity contribution in [2.75, 3.05) is 35.7 Å². The molecule has 36 heavy (non-hydrogen) atoms. The van der Waals surface area contributed by atoms with E-state index >= 15 is 0 Å². The highest BCUT2D eigenvalue weighted by molar-refractivity contribution is 8.00. The molecule has 3 aliphatic rings. The first-order valence-corrected chi connectivity index (χ1v) is 13.8. The Morgan fingerprint density at radius 1 is 1.14 bits per heavy atom. The van der Waals surface area contributed by atoms with Crippen LogP contribution in [-0.4, -0.2) is 55.8 Å². The number of hydrogen-bond donors (Lipinski definition) is 2. The summed E-state index contributed by atoms with van der Waals surface area (Å²) in [5.41, 5.74) is -4.60. The van der Waals surface area contributed by atoms with Gasteiger partial charge in [-0.3, -0.25) is 4.21 Å². The van der Waals surface area contributed by atoms with Crippen LogP contribution in [0.25, 0.3) is 0 Å². The van der Waals surface area contributed by atoms with Crippen molar-refractivity contribution in [2.24, 2.45) is 0 Å². The van der Waals surface area contributed by atoms with E-state index in [0.29, 0.717) is 38.8 Å². The highest BCUT2D eigenvalue weighted by Gasteiger charge is 2.49. The van der Waals surface area contributed by atoms with Crippen molar-refractivity contribution in [3.63, 3.8) is 0 Å². The highest BCUT2D eigenvalue weighted by atomic mass is 32.2. The molecule has 6 nitrogen and oxygen atoms in total. The van der Waals surface area contributed by atoms with Crippen molar-refractivity contribution in [3.8, 4) is 0 Å². The van der Waals surface area contributed by atoms with Crippen molar-refractivity contribution in [1.29, 1.82) is 0 Å². The molecule has 1 saturated heterocycles. The van der Waals surface area contributed by atoms with E-state index in [1.54, 1.807) is 17.0 Å². The van der Waals surface area contributed by atoms with Crippen LogP contribution in [0.2, 0.25) is 0 Å². The summed E-state index contributed by atoms with van der Waals surface area (Å²) in [7, 11) is -1.96. The lowest BCUT2D eigenvalue weighted by atomic mass is 9.77. The maximum Gasteiger partial charge on any atom is 0.446 e. The number of benzene rings is 1. The summed E-state index contributed by atoms with van der Waals surface area (Å²) in [6, 6.07) is 6.32. The van der Waals surface area contributed by atoms with Crippen LogP contribution in [-0.2, 0) is 16.7 Å². The zero-order valence-electron chi connectivity index (χ0n) is 19.2. The average molecular weight is 549 g/mol. The molecule has 1 aromatic carbocycles. The number of alkyl halides is 5. The molecule has 1 saturated carbocycles. The van der Waals surface area contributed by atoms with Gasteiger partial charge in [-0.2, -0.15) is 26.9 Å². The zero-order chi connectivity index (χ0) is 25.7. The van der Waals surface area contributed by atoms with Crippen molar-refractivity contribution in [2.45, 2.75) is 64.8 Å². The summed E-state index contributed by atoms with van der Waals surface area (Å²) in [6.45, 7) is 0.763. The van der Waals surface area contributed by atoms with Gasteiger partial charge in [0.1, 0.15) is 16.4 Å². The molecule has 5 rings (SSSR count). The highest BCUT2D eigenvalue weighted by Crippen LogP contribution is 2.45. The molecule has 196 valence electrons. The van der Waals surface area contributed by atoms with Gasteiger partial charge in [-0.1, -0.05) is 12.1 Å². The van der Waals surface area contributed by atoms with Gasteiger partial charge < -0.3 is 15.3 Å². The van der Waals surface area contributed by atoms with Gasteiger partial charge >= 0.3 is 11.4 Å². The number of thioether (sulfide) groups is 1. The summed E-state index contributed by atoms with van der Waals surface area (Å²) in [6.07, 6.45) is 3.50. The molecule has 2 N–H and O–H groups in total. The molecule has 0 radical (unpaired) electrons. The molecule has 13 heteroatoms. The summed E-state index contributed by atoms with van der Waals surface area (Å²) < 4.78 is 79.7. The number of halogens is 5. The maximum atomic E-state index is 14.7. The van der Waals surface area contributed by atoms with Gasteiger partial charge in [-0.05, 0) is 67.5 Å². The Hall–Kier alpha value is -1.99. The van der Waals surface area contributed by atoms with E-state index in [4.69, 9.17) is 0 Å². The number of aromatic nitrogens is 2. The largest absolute Gasteiger partial charge is 0.446 e. The van der Waals surface area contributed by atoms with Gasteiger partial charge in [-0.15, -0.1) is 0 Å². The van der Waals surface area contributed by atoms with E-state index in [1.807, 2.05) is 0 Å². The predicted octanol–water partition coefficient (Wildman–Crippen LogP) is 5.01. The zero-order valence-corrected chi connectivity index (χ0v) is 20.8. The van der Waals surface area contributed by atoms with E-state index in [-0.39, 0.29) is 45.8 Å². The Morgan fingerprint density at radius 2 is 1.81 bits per heavy atom. The number of piperidine rings is 1. The number of hydrogen-bond acceptors (Lipinski definition) is 7. The van der Waals surface area contributed by atoms with E-state index < -0.39 is 39.2 Å². The van der Waals surface area contributed by atoms with Gasteiger partial charge in [0.15, 0.2) is 0 Å². The van der Waals surface area contributed by atoms with Crippen LogP contribution in [0.5, 0.6) is 0 Å². The lowest BCUT2D eigenvalue weighted by Crippen LogP contribution is -2.49. The van der Waals surface area contributed by atoms with E-state index in [2.05, 4.69) is 15.3 Å². The average Bonchev–Trinajstić information content (AvgIpc) is 3.04. The third kappa shape index (κ3) is 5.06. The monoisotopic (exact) mass is 548 g/mol. The summed E-state index contributed by atoms with van der Waals surface area (Å²) in [5, 5.41) is 13.0. The van der Waals surface area contributed by atoms with Crippen LogP contribution in [0.15, 0.2) is 34.1 Å². The first kappa shape index (κ1) is 25.7. The Kier molecular flexibility index (Phi) is 6.69. The second-order valence-electron chi connectivity index (χ2n) is 9.54. The smallest absolute Gasteiger partial charge is 0.394 e. The number of aliphatic hydroxyl groups excluding tert-OH is 1. The summed E-state index contributed by atoms with van der Waals surface area (Å²) >= 11 is -0.154. The van der Waals surface area contributed by atoms with Crippen molar-refractivity contribution in [3.05, 3.63) is 35.5 Å². The van der Waals surface area contributed by atoms with Crippen LogP contribution in [0, 0.1) is 0 Å². The lowest BCUT2D eigenvalue weighted by Gasteiger charge is -2.42. The van der Waals surface area contributed by atoms with Gasteiger partial charge in [-0.25, -0.2) is 4.98 Å². The number of nitrogens with zero attached hydrogens (tertiary/aromatic N) is 3. The molecular weight excluding hydrogens is 523 g/mol. The molecule has 1 unspecified atom stereocenters. The number of aliphatic hydroxyl groups is 1. The number of fused-ring (bicyclic) bond motifs is 1. The third-order valence-corrected chi connectivity index (χ3v) is 9.31. The molecule has 1 atom stereocenters. The Morgan fingerprint density at radius 3 is 2.36 bits per heavy atom. The first-order valence-electron chi connectivity index (χ1n) is 11.7. The first-order chi connectivity index (χ1) is 17.0. The van der Waals surface area contributed by atoms with Crippen molar-refractivity contribution < 1.29 is 31.3 Å². The van der Waals surface area contributed by atoms with Crippen LogP contribution in [0.1, 0.15) is 49.3 Å². The van der Waals surface area contributed by atoms with Gasteiger partial charge in [0.25, 0.3) is 0 Å². The molecule has 2 aromatic rings. The van der Waals surface area contributed by atoms with Gasteiger partial charge in [0.05, 0.1) is 28.7 Å². The molecule has 1 aliphatic carbocycles. The Bertz CT molecular complexity index is 1140. The molecule has 0 bridgehead atoms. The molecular formula is C23H25F5N4O2S2. The SMILES string of the molecule is O=S1CC(F)(F)c2nc(N3CCC(c4ccc(SC(F)(F)F)cc4)CC3)nc(NC3(CO)CCC3)c21. The fourth-order valence-corrected chi connectivity index (χ4v) is 6.84. The second-order valence-corrected chi connectivity index (χ2v) is 12.1. The lowest BCUT2D eigenvalue weighted by molar-refractivity contribution is -0.0328. The number of anilines is 2. The minimum atomic E-state index is -4.34. The Balaban J connectivity index is 1.35. The number of nitrogens with one attached hydrogen (secondary N) is 1. The fourth-order valence-electron chi connectivity index (χ4n) is 4.97. The Labute approximate surface area is 211 Å². The fraction of sp³-hybridized carbons (Fsp3) is 0.565. The predicted molar refractivity (Wildman–Crippen MR) is 127 cm³/mol. The van der Waals surface area contributed by atoms with Gasteiger partial charge in [0.2, 0.25) is 5.95 Å². The number of rotatable bonds is 6. The topological polar surface area (TPSA) is 78.4 Å². The van der Waals surface area contributed by atoms with E-state index in [9.17, 15) is 31.3 Å². The van der Waals surface area contributed by atoms with Crippen LogP contribution in [0.4, 0.5) is 33.7 Å². The normalized spacial score (nSPS) is 23.3. The summed E-state index contributed by atoms with van der Waals surface area (Å²) in [5.74, 6) is -3.85. The summed E-state index contributed by atoms with van der Waals surface area (Å²) in [4.78, 5) is 10.5. The van der Waals surface area contributed by atoms with E-state index in [1.165, 1.54) is 12.1 Å². The third-order valence-electron chi connectivity index (χ3n) is 7.10. The molecule has 3 heterocycles. The molecule has 2 aliphatic heterocycles. The minimum absolute atomic E-state index is 0.0878. The quantitative estimate of drug-likeness (QED) is 0.388. The molecule has 0 amide bonds. The van der Waals surface area contributed by atoms with E-state index in [0.717, 1.165) is 12.0 Å². The van der Waals surface area contributed by atoms with Crippen LogP contribution in [0.3, 0.4) is 0 Å². The minimum Gasteiger partial charge on any atom is -0.394 e. The van der Waals surface area contributed by atoms with Crippen LogP contribution < -0.4 is 10.2 Å². The van der Waals surface area contributed by atoms with Gasteiger partial charge in [0, 0.05) is 18.0 Å². The second kappa shape index (κ2) is 9.39. The standard InChI is InChI=1S/C23H25F5N4O2S2/c24-22(25)13-36(34)17-18(22)29-20(30-19(17)31-21(12-33)8-1-9-21)32-10-6-15(7-11-32)14-2-4-16(5-3-14)35-23(26,27)28/h2-5,15,33H,1,6-13H2,(H,29,30,31). The van der Waals surface area contributed by atoms with Crippen molar-refractivity contribution in [1.82, 2.24) is 9.97 Å².